The minimum Gasteiger partial charge on any atom is -0.490 e. The molecule has 0 unspecified atom stereocenters. The third-order valence-corrected chi connectivity index (χ3v) is 3.46. The summed E-state index contributed by atoms with van der Waals surface area (Å²) in [5.74, 6) is 0.233. The highest BCUT2D eigenvalue weighted by molar-refractivity contribution is 5.83. The van der Waals surface area contributed by atoms with Crippen molar-refractivity contribution in [1.82, 2.24) is 0 Å². The number of halogens is 3. The highest BCUT2D eigenvalue weighted by Crippen LogP contribution is 2.38. The van der Waals surface area contributed by atoms with E-state index in [4.69, 9.17) is 9.47 Å². The maximum Gasteiger partial charge on any atom is 0.416 e. The fourth-order valence-corrected chi connectivity index (χ4v) is 2.29. The van der Waals surface area contributed by atoms with Gasteiger partial charge in [0.15, 0.2) is 5.75 Å². The molecule has 0 aliphatic rings. The molecular formula is C18H18F3N3O4. The molecule has 0 amide bonds. The lowest BCUT2D eigenvalue weighted by Crippen LogP contribution is -2.04. The summed E-state index contributed by atoms with van der Waals surface area (Å²) in [5, 5.41) is 15.2. The monoisotopic (exact) mass is 397 g/mol. The molecule has 2 rings (SSSR count). The molecule has 0 saturated carbocycles. The molecule has 2 aromatic carbocycles. The van der Waals surface area contributed by atoms with E-state index in [-0.39, 0.29) is 30.4 Å². The van der Waals surface area contributed by atoms with Gasteiger partial charge in [0.1, 0.15) is 0 Å². The predicted octanol–water partition coefficient (Wildman–Crippen LogP) is 4.86. The van der Waals surface area contributed by atoms with Crippen LogP contribution < -0.4 is 14.9 Å². The molecule has 1 N–H and O–H groups in total. The smallest absolute Gasteiger partial charge is 0.416 e. The zero-order valence-corrected chi connectivity index (χ0v) is 15.1. The summed E-state index contributed by atoms with van der Waals surface area (Å²) >= 11 is 0. The Morgan fingerprint density at radius 3 is 2.32 bits per heavy atom. The maximum atomic E-state index is 12.6. The number of nitro benzene ring substituents is 1. The van der Waals surface area contributed by atoms with Gasteiger partial charge in [-0.2, -0.15) is 18.3 Å². The van der Waals surface area contributed by atoms with Crippen LogP contribution in [0.2, 0.25) is 0 Å². The third-order valence-electron chi connectivity index (χ3n) is 3.46. The molecule has 0 aliphatic carbocycles. The van der Waals surface area contributed by atoms with Crippen molar-refractivity contribution in [3.63, 3.8) is 0 Å². The number of nitro groups is 1. The van der Waals surface area contributed by atoms with Crippen molar-refractivity contribution in [1.29, 1.82) is 0 Å². The van der Waals surface area contributed by atoms with Gasteiger partial charge in [0.25, 0.3) is 0 Å². The fraction of sp³-hybridized carbons (Fsp3) is 0.278. The summed E-state index contributed by atoms with van der Waals surface area (Å²) in [6.45, 7) is 3.93. The van der Waals surface area contributed by atoms with Crippen molar-refractivity contribution in [2.24, 2.45) is 5.10 Å². The Bertz CT molecular complexity index is 852. The Morgan fingerprint density at radius 2 is 1.79 bits per heavy atom. The Balaban J connectivity index is 2.23. The lowest BCUT2D eigenvalue weighted by atomic mass is 10.2. The molecule has 2 aromatic rings. The van der Waals surface area contributed by atoms with Crippen molar-refractivity contribution in [2.45, 2.75) is 20.0 Å². The summed E-state index contributed by atoms with van der Waals surface area (Å²) in [5.41, 5.74) is 2.21. The second-order valence-corrected chi connectivity index (χ2v) is 5.44. The van der Waals surface area contributed by atoms with Gasteiger partial charge in [0.05, 0.1) is 35.6 Å². The van der Waals surface area contributed by atoms with Crippen LogP contribution in [0.25, 0.3) is 0 Å². The quantitative estimate of drug-likeness (QED) is 0.391. The SMILES string of the molecule is CCOc1cc(C=NNc2ccc(C(F)(F)F)cc2)cc([N+](=O)[O-])c1OCC. The summed E-state index contributed by atoms with van der Waals surface area (Å²) in [7, 11) is 0. The van der Waals surface area contributed by atoms with Gasteiger partial charge in [-0.15, -0.1) is 0 Å². The van der Waals surface area contributed by atoms with Crippen LogP contribution in [-0.4, -0.2) is 24.4 Å². The third kappa shape index (κ3) is 5.35. The van der Waals surface area contributed by atoms with E-state index in [0.717, 1.165) is 12.1 Å². The highest BCUT2D eigenvalue weighted by atomic mass is 19.4. The number of hydrogen-bond acceptors (Lipinski definition) is 6. The largest absolute Gasteiger partial charge is 0.490 e. The molecule has 0 radical (unpaired) electrons. The fourth-order valence-electron chi connectivity index (χ4n) is 2.29. The second-order valence-electron chi connectivity index (χ2n) is 5.44. The number of ether oxygens (including phenoxy) is 2. The van der Waals surface area contributed by atoms with E-state index >= 15 is 0 Å². The van der Waals surface area contributed by atoms with E-state index in [2.05, 4.69) is 10.5 Å². The lowest BCUT2D eigenvalue weighted by molar-refractivity contribution is -0.385. The van der Waals surface area contributed by atoms with E-state index in [1.165, 1.54) is 30.5 Å². The van der Waals surface area contributed by atoms with Crippen LogP contribution in [0.3, 0.4) is 0 Å². The first-order chi connectivity index (χ1) is 13.3. The molecule has 0 atom stereocenters. The van der Waals surface area contributed by atoms with Crippen LogP contribution in [0, 0.1) is 10.1 Å². The van der Waals surface area contributed by atoms with Gasteiger partial charge in [-0.3, -0.25) is 15.5 Å². The number of nitrogens with zero attached hydrogens (tertiary/aromatic N) is 2. The molecule has 0 fully saturated rings. The van der Waals surface area contributed by atoms with Crippen LogP contribution in [0.1, 0.15) is 25.0 Å². The highest BCUT2D eigenvalue weighted by Gasteiger charge is 2.29. The van der Waals surface area contributed by atoms with Crippen molar-refractivity contribution in [2.75, 3.05) is 18.6 Å². The van der Waals surface area contributed by atoms with Crippen molar-refractivity contribution >= 4 is 17.6 Å². The number of alkyl halides is 3. The standard InChI is InChI=1S/C18H18F3N3O4/c1-3-27-16-10-12(9-15(24(25)26)17(16)28-4-2)11-22-23-14-7-5-13(6-8-14)18(19,20)21/h5-11,23H,3-4H2,1-2H3. The molecule has 28 heavy (non-hydrogen) atoms. The second kappa shape index (κ2) is 9.07. The van der Waals surface area contributed by atoms with Crippen molar-refractivity contribution in [3.05, 3.63) is 57.6 Å². The van der Waals surface area contributed by atoms with Crippen molar-refractivity contribution < 1.29 is 27.6 Å². The summed E-state index contributed by atoms with van der Waals surface area (Å²) < 4.78 is 48.4. The van der Waals surface area contributed by atoms with Crippen LogP contribution >= 0.6 is 0 Å². The Labute approximate surface area is 158 Å². The Morgan fingerprint density at radius 1 is 1.14 bits per heavy atom. The van der Waals surface area contributed by atoms with E-state index in [9.17, 15) is 23.3 Å². The van der Waals surface area contributed by atoms with Gasteiger partial charge in [0.2, 0.25) is 5.75 Å². The van der Waals surface area contributed by atoms with Crippen molar-refractivity contribution in [3.8, 4) is 11.5 Å². The zero-order valence-electron chi connectivity index (χ0n) is 15.1. The molecule has 0 aromatic heterocycles. The normalized spacial score (nSPS) is 11.5. The van der Waals surface area contributed by atoms with E-state index in [1.807, 2.05) is 0 Å². The van der Waals surface area contributed by atoms with Gasteiger partial charge >= 0.3 is 11.9 Å². The van der Waals surface area contributed by atoms with Gasteiger partial charge in [-0.1, -0.05) is 0 Å². The van der Waals surface area contributed by atoms with E-state index in [1.54, 1.807) is 13.8 Å². The number of benzene rings is 2. The minimum atomic E-state index is -4.42. The molecule has 0 bridgehead atoms. The first-order valence-corrected chi connectivity index (χ1v) is 8.30. The van der Waals surface area contributed by atoms with Gasteiger partial charge in [0, 0.05) is 11.6 Å². The first kappa shape index (κ1) is 21.0. The van der Waals surface area contributed by atoms with Gasteiger partial charge in [-0.25, -0.2) is 0 Å². The molecule has 10 heteroatoms. The maximum absolute atomic E-state index is 12.6. The van der Waals surface area contributed by atoms with E-state index in [0.29, 0.717) is 11.3 Å². The van der Waals surface area contributed by atoms with Gasteiger partial charge in [-0.05, 0) is 44.2 Å². The van der Waals surface area contributed by atoms with Crippen LogP contribution in [0.5, 0.6) is 11.5 Å². The average molecular weight is 397 g/mol. The average Bonchev–Trinajstić information content (AvgIpc) is 2.63. The molecule has 7 nitrogen and oxygen atoms in total. The molecule has 0 spiro atoms. The van der Waals surface area contributed by atoms with Crippen LogP contribution in [-0.2, 0) is 6.18 Å². The molecule has 150 valence electrons. The number of hydrazone groups is 1. The summed E-state index contributed by atoms with van der Waals surface area (Å²) in [6.07, 6.45) is -3.12. The minimum absolute atomic E-state index is 0.0298. The Kier molecular flexibility index (Phi) is 6.80. The predicted molar refractivity (Wildman–Crippen MR) is 98.1 cm³/mol. The Hall–Kier alpha value is -3.30. The van der Waals surface area contributed by atoms with E-state index < -0.39 is 16.7 Å². The summed E-state index contributed by atoms with van der Waals surface area (Å²) in [4.78, 5) is 10.7. The molecular weight excluding hydrogens is 379 g/mol. The summed E-state index contributed by atoms with van der Waals surface area (Å²) in [6, 6.07) is 7.10. The zero-order chi connectivity index (χ0) is 20.7. The van der Waals surface area contributed by atoms with Crippen LogP contribution in [0.4, 0.5) is 24.5 Å². The van der Waals surface area contributed by atoms with Gasteiger partial charge < -0.3 is 9.47 Å². The number of hydrogen-bond donors (Lipinski definition) is 1. The molecule has 0 saturated heterocycles. The lowest BCUT2D eigenvalue weighted by Gasteiger charge is -2.11. The molecule has 0 aliphatic heterocycles. The van der Waals surface area contributed by atoms with Crippen LogP contribution in [0.15, 0.2) is 41.5 Å². The number of nitrogens with one attached hydrogen (secondary N) is 1. The first-order valence-electron chi connectivity index (χ1n) is 8.30. The topological polar surface area (TPSA) is 86.0 Å². The number of anilines is 1. The number of rotatable bonds is 8. The molecule has 0 heterocycles.